The smallest absolute Gasteiger partial charge is 0.0591 e. The Labute approximate surface area is 223 Å². The van der Waals surface area contributed by atoms with E-state index in [-0.39, 0.29) is 6.10 Å². The van der Waals surface area contributed by atoms with Gasteiger partial charge in [-0.25, -0.2) is 0 Å². The van der Waals surface area contributed by atoms with Gasteiger partial charge in [-0.2, -0.15) is 0 Å². The van der Waals surface area contributed by atoms with Gasteiger partial charge in [-0.3, -0.25) is 0 Å². The third-order valence-electron chi connectivity index (χ3n) is 9.66. The lowest BCUT2D eigenvalue weighted by atomic mass is 9.49. The summed E-state index contributed by atoms with van der Waals surface area (Å²) in [6, 6.07) is 0. The Morgan fingerprint density at radius 2 is 1.83 bits per heavy atom. The van der Waals surface area contributed by atoms with Crippen molar-refractivity contribution in [3.8, 4) is 12.8 Å². The summed E-state index contributed by atoms with van der Waals surface area (Å²) in [7, 11) is 1.00. The minimum atomic E-state index is -0.526. The highest BCUT2D eigenvalue weighted by atomic mass is 16.3. The highest BCUT2D eigenvalue weighted by molar-refractivity contribution is 5.31. The molecule has 3 nitrogen and oxygen atoms in total. The summed E-state index contributed by atoms with van der Waals surface area (Å²) in [6.07, 6.45) is 28.5. The molecule has 3 fully saturated rings. The van der Waals surface area contributed by atoms with Gasteiger partial charge in [0.2, 0.25) is 0 Å². The summed E-state index contributed by atoms with van der Waals surface area (Å²) in [4.78, 5) is 0. The lowest BCUT2D eigenvalue weighted by Crippen LogP contribution is -2.47. The van der Waals surface area contributed by atoms with E-state index in [9.17, 15) is 10.2 Å². The lowest BCUT2D eigenvalue weighted by molar-refractivity contribution is -0.0639. The average molecular weight is 503 g/mol. The van der Waals surface area contributed by atoms with Crippen LogP contribution >= 0.6 is 0 Å². The predicted octanol–water partition coefficient (Wildman–Crippen LogP) is 7.84. The molecule has 0 bridgehead atoms. The molecule has 0 saturated heterocycles. The Balaban J connectivity index is 0.00000154. The van der Waals surface area contributed by atoms with Crippen LogP contribution in [0.5, 0.6) is 0 Å². The number of aliphatic hydroxyl groups is 3. The minimum Gasteiger partial charge on any atom is -0.400 e. The van der Waals surface area contributed by atoms with Gasteiger partial charge in [0.1, 0.15) is 0 Å². The molecule has 3 rings (SSSR count). The standard InChI is InChI=1S/C30H52O2.C2H2.CH4O/c1-6-23(13-9-19-29(3,4)32)27-15-8-16-28-24(14-10-20-30(27,28)5)11-7-12-25-21-26(31)18-17-22(25)2;2*1-2/h12,23-24,26-28,31-32H,2,6-11,13-21H2,1,3-5H3;1-2H;2H,1H3/t23?,24?,26-,27+,28-,30+;;/m0../s1. The van der Waals surface area contributed by atoms with Crippen LogP contribution in [0, 0.1) is 41.9 Å². The third kappa shape index (κ3) is 9.34. The Kier molecular flexibility index (Phi) is 14.7. The first-order valence-corrected chi connectivity index (χ1v) is 14.7. The molecule has 3 aliphatic carbocycles. The van der Waals surface area contributed by atoms with Crippen LogP contribution in [-0.4, -0.2) is 34.1 Å². The van der Waals surface area contributed by atoms with Gasteiger partial charge >= 0.3 is 0 Å². The number of hydrogen-bond donors (Lipinski definition) is 3. The summed E-state index contributed by atoms with van der Waals surface area (Å²) >= 11 is 0. The normalized spacial score (nSPS) is 32.4. The molecule has 0 spiro atoms. The molecule has 0 heterocycles. The minimum absolute atomic E-state index is 0.161. The molecule has 0 radical (unpaired) electrons. The molecule has 3 saturated carbocycles. The average Bonchev–Trinajstić information content (AvgIpc) is 2.85. The van der Waals surface area contributed by atoms with Crippen LogP contribution in [0.4, 0.5) is 0 Å². The molecule has 0 aliphatic heterocycles. The number of hydrogen-bond acceptors (Lipinski definition) is 3. The zero-order valence-electron chi connectivity index (χ0n) is 24.3. The fraction of sp³-hybridized carbons (Fsp3) is 0.818. The van der Waals surface area contributed by atoms with Gasteiger partial charge < -0.3 is 15.3 Å². The molecule has 0 aromatic heterocycles. The molecule has 3 aliphatic rings. The monoisotopic (exact) mass is 502 g/mol. The van der Waals surface area contributed by atoms with E-state index < -0.39 is 5.60 Å². The largest absolute Gasteiger partial charge is 0.400 e. The molecule has 36 heavy (non-hydrogen) atoms. The zero-order chi connectivity index (χ0) is 27.4. The molecule has 2 unspecified atom stereocenters. The van der Waals surface area contributed by atoms with E-state index in [1.165, 1.54) is 68.9 Å². The lowest BCUT2D eigenvalue weighted by Gasteiger charge is -2.56. The maximum Gasteiger partial charge on any atom is 0.0591 e. The third-order valence-corrected chi connectivity index (χ3v) is 9.66. The molecule has 208 valence electrons. The van der Waals surface area contributed by atoms with Crippen molar-refractivity contribution in [1.82, 2.24) is 0 Å². The molecule has 6 atom stereocenters. The Hall–Kier alpha value is -1.08. The van der Waals surface area contributed by atoms with Crippen molar-refractivity contribution < 1.29 is 15.3 Å². The van der Waals surface area contributed by atoms with Crippen LogP contribution in [0.15, 0.2) is 23.8 Å². The van der Waals surface area contributed by atoms with Crippen LogP contribution in [0.3, 0.4) is 0 Å². The number of rotatable bonds is 9. The first-order valence-electron chi connectivity index (χ1n) is 14.7. The first kappa shape index (κ1) is 32.9. The fourth-order valence-corrected chi connectivity index (χ4v) is 7.89. The Bertz CT molecular complexity index is 685. The van der Waals surface area contributed by atoms with Crippen molar-refractivity contribution in [3.63, 3.8) is 0 Å². The molecule has 3 heteroatoms. The fourth-order valence-electron chi connectivity index (χ4n) is 7.89. The van der Waals surface area contributed by atoms with E-state index >= 15 is 0 Å². The number of terminal acetylenes is 1. The summed E-state index contributed by atoms with van der Waals surface area (Å²) in [6.45, 7) is 13.2. The van der Waals surface area contributed by atoms with Crippen molar-refractivity contribution in [3.05, 3.63) is 23.8 Å². The van der Waals surface area contributed by atoms with Crippen LogP contribution in [-0.2, 0) is 0 Å². The number of aliphatic hydroxyl groups excluding tert-OH is 2. The SMILES string of the molecule is C#C.C=C1CC[C@H](O)CC1=CCCC1CCC[C@]2(C)[C@@H](C(CC)CCCC(C)(C)O)CCC[C@@H]12.CO. The van der Waals surface area contributed by atoms with Gasteiger partial charge in [0, 0.05) is 7.11 Å². The Morgan fingerprint density at radius 1 is 1.14 bits per heavy atom. The van der Waals surface area contributed by atoms with E-state index in [4.69, 9.17) is 5.11 Å². The second-order valence-corrected chi connectivity index (χ2v) is 12.5. The van der Waals surface area contributed by atoms with Gasteiger partial charge in [-0.1, -0.05) is 70.6 Å². The second-order valence-electron chi connectivity index (χ2n) is 12.5. The summed E-state index contributed by atoms with van der Waals surface area (Å²) < 4.78 is 0. The molecule has 0 aromatic rings. The van der Waals surface area contributed by atoms with Crippen LogP contribution in [0.1, 0.15) is 124 Å². The maximum absolute atomic E-state index is 10.2. The van der Waals surface area contributed by atoms with Crippen LogP contribution in [0.2, 0.25) is 0 Å². The van der Waals surface area contributed by atoms with E-state index in [1.54, 1.807) is 0 Å². The molecule has 0 amide bonds. The van der Waals surface area contributed by atoms with Crippen LogP contribution in [0.25, 0.3) is 0 Å². The number of fused-ring (bicyclic) bond motifs is 1. The van der Waals surface area contributed by atoms with E-state index in [1.807, 2.05) is 13.8 Å². The van der Waals surface area contributed by atoms with Crippen molar-refractivity contribution in [2.75, 3.05) is 7.11 Å². The van der Waals surface area contributed by atoms with E-state index in [0.717, 1.165) is 69.3 Å². The maximum atomic E-state index is 10.2. The highest BCUT2D eigenvalue weighted by Gasteiger charge is 2.50. The summed E-state index contributed by atoms with van der Waals surface area (Å²) in [5, 5.41) is 27.2. The van der Waals surface area contributed by atoms with E-state index in [2.05, 4.69) is 39.3 Å². The van der Waals surface area contributed by atoms with Crippen molar-refractivity contribution in [2.45, 2.75) is 136 Å². The summed E-state index contributed by atoms with van der Waals surface area (Å²) in [5.74, 6) is 3.43. The van der Waals surface area contributed by atoms with E-state index in [0.29, 0.717) is 5.41 Å². The predicted molar refractivity (Wildman–Crippen MR) is 155 cm³/mol. The zero-order valence-corrected chi connectivity index (χ0v) is 24.3. The quantitative estimate of drug-likeness (QED) is 0.281. The topological polar surface area (TPSA) is 60.7 Å². The second kappa shape index (κ2) is 16.0. The first-order chi connectivity index (χ1) is 17.1. The van der Waals surface area contributed by atoms with Gasteiger partial charge in [-0.15, -0.1) is 12.8 Å². The van der Waals surface area contributed by atoms with Crippen LogP contribution < -0.4 is 0 Å². The number of allylic oxidation sites excluding steroid dienone is 2. The Morgan fingerprint density at radius 3 is 2.47 bits per heavy atom. The molecule has 3 N–H and O–H groups in total. The molecule has 0 aromatic carbocycles. The van der Waals surface area contributed by atoms with Crippen molar-refractivity contribution >= 4 is 0 Å². The highest BCUT2D eigenvalue weighted by Crippen LogP contribution is 2.59. The summed E-state index contributed by atoms with van der Waals surface area (Å²) in [5.41, 5.74) is 2.58. The van der Waals surface area contributed by atoms with Crippen molar-refractivity contribution in [2.24, 2.45) is 29.1 Å². The van der Waals surface area contributed by atoms with Gasteiger partial charge in [0.15, 0.2) is 0 Å². The van der Waals surface area contributed by atoms with Gasteiger partial charge in [0.25, 0.3) is 0 Å². The van der Waals surface area contributed by atoms with Gasteiger partial charge in [0.05, 0.1) is 11.7 Å². The molecular weight excluding hydrogens is 444 g/mol. The van der Waals surface area contributed by atoms with Crippen molar-refractivity contribution in [1.29, 1.82) is 0 Å². The van der Waals surface area contributed by atoms with Gasteiger partial charge in [-0.05, 0) is 106 Å². The molecular formula is C33H58O3.